The van der Waals surface area contributed by atoms with Crippen LogP contribution in [-0.2, 0) is 28.0 Å². The number of hydrogen-bond donors (Lipinski definition) is 0. The number of amides is 1. The minimum atomic E-state index is -3.59. The molecule has 0 saturated heterocycles. The molecule has 0 radical (unpaired) electrons. The number of ether oxygens (including phenoxy) is 1. The monoisotopic (exact) mass is 459 g/mol. The van der Waals surface area contributed by atoms with E-state index in [0.717, 1.165) is 17.4 Å². The van der Waals surface area contributed by atoms with Gasteiger partial charge in [-0.3, -0.25) is 4.79 Å². The van der Waals surface area contributed by atoms with Gasteiger partial charge in [-0.15, -0.1) is 0 Å². The first-order chi connectivity index (χ1) is 14.8. The van der Waals surface area contributed by atoms with Crippen LogP contribution in [0.15, 0.2) is 78.9 Å². The third-order valence-electron chi connectivity index (χ3n) is 4.29. The summed E-state index contributed by atoms with van der Waals surface area (Å²) >= 11 is 5.88. The average molecular weight is 460 g/mol. The fourth-order valence-electron chi connectivity index (χ4n) is 2.85. The molecule has 0 aromatic heterocycles. The molecule has 0 atom stereocenters. The molecule has 0 saturated carbocycles. The molecule has 0 bridgehead atoms. The molecule has 0 heterocycles. The van der Waals surface area contributed by atoms with Gasteiger partial charge in [0, 0.05) is 18.1 Å². The lowest BCUT2D eigenvalue weighted by atomic mass is 10.1. The van der Waals surface area contributed by atoms with E-state index < -0.39 is 10.1 Å². The SMILES string of the molecule is CS(=O)(=O)Oc1ccc(CN(Cc2ccccc2)C(=O)COc2ccc(Cl)cc2)cc1. The Morgan fingerprint density at radius 3 is 1.97 bits per heavy atom. The number of benzene rings is 3. The van der Waals surface area contributed by atoms with Crippen molar-refractivity contribution in [2.45, 2.75) is 13.1 Å². The van der Waals surface area contributed by atoms with E-state index in [2.05, 4.69) is 0 Å². The van der Waals surface area contributed by atoms with Gasteiger partial charge in [0.1, 0.15) is 11.5 Å². The second-order valence-corrected chi connectivity index (χ2v) is 8.92. The largest absolute Gasteiger partial charge is 0.484 e. The number of halogens is 1. The maximum absolute atomic E-state index is 12.9. The molecule has 0 aliphatic carbocycles. The zero-order valence-electron chi connectivity index (χ0n) is 16.9. The predicted octanol–water partition coefficient (Wildman–Crippen LogP) is 4.29. The fraction of sp³-hybridized carbons (Fsp3) is 0.174. The molecular weight excluding hydrogens is 438 g/mol. The molecule has 0 N–H and O–H groups in total. The van der Waals surface area contributed by atoms with Crippen LogP contribution < -0.4 is 8.92 Å². The van der Waals surface area contributed by atoms with Crippen molar-refractivity contribution in [2.24, 2.45) is 0 Å². The fourth-order valence-corrected chi connectivity index (χ4v) is 3.44. The summed E-state index contributed by atoms with van der Waals surface area (Å²) in [5.74, 6) is 0.591. The summed E-state index contributed by atoms with van der Waals surface area (Å²) in [7, 11) is -3.59. The van der Waals surface area contributed by atoms with Gasteiger partial charge in [-0.2, -0.15) is 8.42 Å². The minimum absolute atomic E-state index is 0.121. The summed E-state index contributed by atoms with van der Waals surface area (Å²) in [5, 5.41) is 0.590. The van der Waals surface area contributed by atoms with Crippen LogP contribution in [0.25, 0.3) is 0 Å². The molecule has 0 spiro atoms. The van der Waals surface area contributed by atoms with Crippen molar-refractivity contribution < 1.29 is 22.1 Å². The maximum atomic E-state index is 12.9. The van der Waals surface area contributed by atoms with Crippen molar-refractivity contribution in [3.8, 4) is 11.5 Å². The number of hydrogen-bond acceptors (Lipinski definition) is 5. The first-order valence-corrected chi connectivity index (χ1v) is 11.7. The molecule has 1 amide bonds. The normalized spacial score (nSPS) is 11.0. The summed E-state index contributed by atoms with van der Waals surface area (Å²) in [6, 6.07) is 23.0. The summed E-state index contributed by atoms with van der Waals surface area (Å²) in [6.45, 7) is 0.617. The van der Waals surface area contributed by atoms with Gasteiger partial charge in [0.15, 0.2) is 6.61 Å². The Hall–Kier alpha value is -3.03. The summed E-state index contributed by atoms with van der Waals surface area (Å²) in [4.78, 5) is 14.6. The van der Waals surface area contributed by atoms with Crippen LogP contribution in [0.2, 0.25) is 5.02 Å². The Labute approximate surface area is 187 Å². The van der Waals surface area contributed by atoms with Crippen LogP contribution >= 0.6 is 11.6 Å². The number of carbonyl (C=O) groups is 1. The van der Waals surface area contributed by atoms with Crippen LogP contribution in [0.4, 0.5) is 0 Å². The first kappa shape index (κ1) is 22.7. The molecule has 3 aromatic rings. The standard InChI is InChI=1S/C23H22ClNO5S/c1-31(27,28)30-22-11-7-19(8-12-22)16-25(15-18-5-3-2-4-6-18)23(26)17-29-21-13-9-20(24)10-14-21/h2-14H,15-17H2,1H3. The van der Waals surface area contributed by atoms with E-state index in [4.69, 9.17) is 20.5 Å². The third kappa shape index (κ3) is 7.62. The lowest BCUT2D eigenvalue weighted by Gasteiger charge is -2.23. The van der Waals surface area contributed by atoms with Crippen LogP contribution in [0.5, 0.6) is 11.5 Å². The predicted molar refractivity (Wildman–Crippen MR) is 120 cm³/mol. The summed E-state index contributed by atoms with van der Waals surface area (Å²) < 4.78 is 33.0. The van der Waals surface area contributed by atoms with Gasteiger partial charge in [-0.25, -0.2) is 0 Å². The van der Waals surface area contributed by atoms with Gasteiger partial charge in [-0.05, 0) is 47.5 Å². The summed E-state index contributed by atoms with van der Waals surface area (Å²) in [6.07, 6.45) is 0.988. The molecule has 3 aromatic carbocycles. The van der Waals surface area contributed by atoms with E-state index in [0.29, 0.717) is 23.9 Å². The Morgan fingerprint density at radius 2 is 1.39 bits per heavy atom. The van der Waals surface area contributed by atoms with Gasteiger partial charge in [0.05, 0.1) is 6.26 Å². The molecule has 8 heteroatoms. The zero-order chi connectivity index (χ0) is 22.3. The van der Waals surface area contributed by atoms with Crippen molar-refractivity contribution in [1.29, 1.82) is 0 Å². The summed E-state index contributed by atoms with van der Waals surface area (Å²) in [5.41, 5.74) is 1.82. The van der Waals surface area contributed by atoms with E-state index in [1.54, 1.807) is 53.4 Å². The molecule has 0 aliphatic rings. The van der Waals surface area contributed by atoms with Gasteiger partial charge in [-0.1, -0.05) is 54.1 Å². The van der Waals surface area contributed by atoms with E-state index >= 15 is 0 Å². The van der Waals surface area contributed by atoms with Crippen LogP contribution in [0, 0.1) is 0 Å². The third-order valence-corrected chi connectivity index (χ3v) is 5.04. The molecule has 6 nitrogen and oxygen atoms in total. The highest BCUT2D eigenvalue weighted by atomic mass is 35.5. The highest BCUT2D eigenvalue weighted by molar-refractivity contribution is 7.86. The van der Waals surface area contributed by atoms with Crippen LogP contribution in [0.3, 0.4) is 0 Å². The molecule has 0 aliphatic heterocycles. The maximum Gasteiger partial charge on any atom is 0.306 e. The van der Waals surface area contributed by atoms with Crippen molar-refractivity contribution in [1.82, 2.24) is 4.90 Å². The highest BCUT2D eigenvalue weighted by Gasteiger charge is 2.16. The van der Waals surface area contributed by atoms with Gasteiger partial charge < -0.3 is 13.8 Å². The topological polar surface area (TPSA) is 72.9 Å². The van der Waals surface area contributed by atoms with Crippen molar-refractivity contribution in [3.05, 3.63) is 95.0 Å². The molecule has 3 rings (SSSR count). The first-order valence-electron chi connectivity index (χ1n) is 9.47. The number of carbonyl (C=O) groups excluding carboxylic acids is 1. The van der Waals surface area contributed by atoms with Crippen molar-refractivity contribution in [3.63, 3.8) is 0 Å². The van der Waals surface area contributed by atoms with Crippen LogP contribution in [0.1, 0.15) is 11.1 Å². The van der Waals surface area contributed by atoms with E-state index in [1.165, 1.54) is 0 Å². The Kier molecular flexibility index (Phi) is 7.55. The lowest BCUT2D eigenvalue weighted by molar-refractivity contribution is -0.134. The Bertz CT molecular complexity index is 1100. The van der Waals surface area contributed by atoms with Crippen molar-refractivity contribution in [2.75, 3.05) is 12.9 Å². The van der Waals surface area contributed by atoms with Gasteiger partial charge >= 0.3 is 10.1 Å². The van der Waals surface area contributed by atoms with Gasteiger partial charge in [0.2, 0.25) is 0 Å². The smallest absolute Gasteiger partial charge is 0.306 e. The van der Waals surface area contributed by atoms with Crippen molar-refractivity contribution >= 4 is 27.6 Å². The van der Waals surface area contributed by atoms with E-state index in [-0.39, 0.29) is 18.3 Å². The van der Waals surface area contributed by atoms with E-state index in [1.807, 2.05) is 30.3 Å². The Morgan fingerprint density at radius 1 is 0.839 bits per heavy atom. The average Bonchev–Trinajstić information content (AvgIpc) is 2.74. The van der Waals surface area contributed by atoms with E-state index in [9.17, 15) is 13.2 Å². The minimum Gasteiger partial charge on any atom is -0.484 e. The molecule has 162 valence electrons. The second kappa shape index (κ2) is 10.3. The zero-order valence-corrected chi connectivity index (χ0v) is 18.5. The second-order valence-electron chi connectivity index (χ2n) is 6.91. The molecule has 0 unspecified atom stereocenters. The van der Waals surface area contributed by atoms with Crippen LogP contribution in [-0.4, -0.2) is 32.1 Å². The van der Waals surface area contributed by atoms with Gasteiger partial charge in [0.25, 0.3) is 5.91 Å². The number of nitrogens with zero attached hydrogens (tertiary/aromatic N) is 1. The number of rotatable bonds is 9. The quantitative estimate of drug-likeness (QED) is 0.446. The molecule has 0 fully saturated rings. The Balaban J connectivity index is 1.71. The highest BCUT2D eigenvalue weighted by Crippen LogP contribution is 2.18. The molecular formula is C23H22ClNO5S. The lowest BCUT2D eigenvalue weighted by Crippen LogP contribution is -2.34. The molecule has 31 heavy (non-hydrogen) atoms.